The predicted octanol–water partition coefficient (Wildman–Crippen LogP) is 1.15. The molecule has 1 aromatic rings. The summed E-state index contributed by atoms with van der Waals surface area (Å²) in [5.41, 5.74) is 0. The van der Waals surface area contributed by atoms with Gasteiger partial charge in [-0.2, -0.15) is 0 Å². The van der Waals surface area contributed by atoms with E-state index in [2.05, 4.69) is 15.5 Å². The van der Waals surface area contributed by atoms with Crippen LogP contribution < -0.4 is 15.4 Å². The van der Waals surface area contributed by atoms with Crippen molar-refractivity contribution in [1.29, 1.82) is 0 Å². The van der Waals surface area contributed by atoms with E-state index in [4.69, 9.17) is 17.0 Å². The Morgan fingerprint density at radius 1 is 1.27 bits per heavy atom. The van der Waals surface area contributed by atoms with Crippen LogP contribution in [0.2, 0.25) is 0 Å². The van der Waals surface area contributed by atoms with E-state index in [-0.39, 0.29) is 12.5 Å². The van der Waals surface area contributed by atoms with Gasteiger partial charge in [0, 0.05) is 12.6 Å². The van der Waals surface area contributed by atoms with Crippen LogP contribution in [0, 0.1) is 5.92 Å². The monoisotopic (exact) mass is 319 g/mol. The largest absolute Gasteiger partial charge is 0.484 e. The first-order chi connectivity index (χ1) is 10.7. The number of rotatable bonds is 4. The zero-order valence-electron chi connectivity index (χ0n) is 12.5. The smallest absolute Gasteiger partial charge is 0.264 e. The minimum atomic E-state index is -0.234. The average molecular weight is 319 g/mol. The first-order valence-electron chi connectivity index (χ1n) is 7.71. The Labute approximate surface area is 136 Å². The van der Waals surface area contributed by atoms with E-state index in [9.17, 15) is 4.79 Å². The summed E-state index contributed by atoms with van der Waals surface area (Å²) in [6, 6.07) is 9.62. The number of nitrogens with zero attached hydrogens (tertiary/aromatic N) is 1. The van der Waals surface area contributed by atoms with Gasteiger partial charge in [-0.25, -0.2) is 0 Å². The van der Waals surface area contributed by atoms with Crippen LogP contribution in [0.25, 0.3) is 0 Å². The van der Waals surface area contributed by atoms with E-state index in [1.165, 1.54) is 25.9 Å². The van der Waals surface area contributed by atoms with Crippen molar-refractivity contribution in [3.05, 3.63) is 30.3 Å². The number of fused-ring (bicyclic) bond motifs is 3. The van der Waals surface area contributed by atoms with Gasteiger partial charge >= 0.3 is 0 Å². The molecule has 3 heterocycles. The number of amides is 1. The molecule has 1 unspecified atom stereocenters. The van der Waals surface area contributed by atoms with E-state index in [1.807, 2.05) is 30.3 Å². The van der Waals surface area contributed by atoms with Crippen molar-refractivity contribution in [2.24, 2.45) is 5.92 Å². The molecule has 3 fully saturated rings. The summed E-state index contributed by atoms with van der Waals surface area (Å²) in [5, 5.41) is 6.38. The predicted molar refractivity (Wildman–Crippen MR) is 88.8 cm³/mol. The van der Waals surface area contributed by atoms with Gasteiger partial charge in [0.15, 0.2) is 11.7 Å². The molecule has 6 heteroatoms. The first kappa shape index (κ1) is 15.2. The van der Waals surface area contributed by atoms with Gasteiger partial charge in [-0.15, -0.1) is 0 Å². The lowest BCUT2D eigenvalue weighted by Crippen LogP contribution is -2.59. The van der Waals surface area contributed by atoms with Crippen molar-refractivity contribution in [3.63, 3.8) is 0 Å². The number of hydrogen-bond donors (Lipinski definition) is 2. The van der Waals surface area contributed by atoms with Crippen LogP contribution in [-0.2, 0) is 4.79 Å². The highest BCUT2D eigenvalue weighted by Crippen LogP contribution is 2.27. The number of nitrogens with one attached hydrogen (secondary N) is 2. The van der Waals surface area contributed by atoms with Crippen LogP contribution >= 0.6 is 12.2 Å². The molecule has 0 aliphatic carbocycles. The summed E-state index contributed by atoms with van der Waals surface area (Å²) in [6.07, 6.45) is 2.43. The van der Waals surface area contributed by atoms with Gasteiger partial charge in [0.05, 0.1) is 0 Å². The number of thiocarbonyl (C=S) groups is 1. The quantitative estimate of drug-likeness (QED) is 0.816. The first-order valence-corrected chi connectivity index (χ1v) is 8.12. The van der Waals surface area contributed by atoms with Gasteiger partial charge in [0.1, 0.15) is 5.75 Å². The van der Waals surface area contributed by atoms with E-state index in [1.54, 1.807) is 0 Å². The maximum atomic E-state index is 11.9. The van der Waals surface area contributed by atoms with Gasteiger partial charge in [0.2, 0.25) is 0 Å². The third-order valence-corrected chi connectivity index (χ3v) is 4.56. The second kappa shape index (κ2) is 7.07. The molecule has 0 spiro atoms. The lowest BCUT2D eigenvalue weighted by atomic mass is 9.84. The molecule has 3 aliphatic heterocycles. The van der Waals surface area contributed by atoms with Crippen molar-refractivity contribution in [1.82, 2.24) is 15.5 Å². The molecule has 118 valence electrons. The Hall–Kier alpha value is -1.66. The second-order valence-corrected chi connectivity index (χ2v) is 6.28. The highest BCUT2D eigenvalue weighted by molar-refractivity contribution is 7.80. The van der Waals surface area contributed by atoms with Crippen LogP contribution in [0.1, 0.15) is 12.8 Å². The topological polar surface area (TPSA) is 53.6 Å². The Bertz CT molecular complexity index is 529. The summed E-state index contributed by atoms with van der Waals surface area (Å²) in [5.74, 6) is 1.11. The van der Waals surface area contributed by atoms with Gasteiger partial charge in [-0.1, -0.05) is 18.2 Å². The molecule has 0 saturated carbocycles. The fourth-order valence-corrected chi connectivity index (χ4v) is 3.43. The van der Waals surface area contributed by atoms with Crippen molar-refractivity contribution in [3.8, 4) is 5.75 Å². The number of para-hydroxylation sites is 1. The maximum Gasteiger partial charge on any atom is 0.264 e. The number of piperidine rings is 3. The van der Waals surface area contributed by atoms with Gasteiger partial charge in [-0.3, -0.25) is 4.79 Å². The highest BCUT2D eigenvalue weighted by atomic mass is 32.1. The third-order valence-electron chi connectivity index (χ3n) is 4.34. The zero-order valence-corrected chi connectivity index (χ0v) is 13.3. The summed E-state index contributed by atoms with van der Waals surface area (Å²) < 4.78 is 5.40. The molecule has 1 aromatic carbocycles. The Morgan fingerprint density at radius 2 is 2.00 bits per heavy atom. The van der Waals surface area contributed by atoms with E-state index in [0.29, 0.717) is 22.8 Å². The Kier molecular flexibility index (Phi) is 4.90. The van der Waals surface area contributed by atoms with Gasteiger partial charge in [-0.05, 0) is 56.2 Å². The van der Waals surface area contributed by atoms with E-state index >= 15 is 0 Å². The SMILES string of the molecule is O=C(COc1ccccc1)NC(=S)NC1CN2CCC1CC2. The second-order valence-electron chi connectivity index (χ2n) is 5.87. The molecular formula is C16H21N3O2S. The van der Waals surface area contributed by atoms with Crippen molar-refractivity contribution >= 4 is 23.2 Å². The van der Waals surface area contributed by atoms with Crippen molar-refractivity contribution in [2.75, 3.05) is 26.2 Å². The molecule has 2 bridgehead atoms. The molecule has 1 atom stereocenters. The van der Waals surface area contributed by atoms with Crippen LogP contribution in [0.15, 0.2) is 30.3 Å². The molecular weight excluding hydrogens is 298 g/mol. The lowest BCUT2D eigenvalue weighted by Gasteiger charge is -2.45. The number of hydrogen-bond acceptors (Lipinski definition) is 4. The molecule has 3 saturated heterocycles. The average Bonchev–Trinajstić information content (AvgIpc) is 2.55. The maximum absolute atomic E-state index is 11.9. The van der Waals surface area contributed by atoms with E-state index in [0.717, 1.165) is 6.54 Å². The number of carbonyl (C=O) groups excluding carboxylic acids is 1. The number of carbonyl (C=O) groups is 1. The molecule has 4 rings (SSSR count). The fraction of sp³-hybridized carbons (Fsp3) is 0.500. The summed E-state index contributed by atoms with van der Waals surface area (Å²) in [7, 11) is 0. The van der Waals surface area contributed by atoms with Crippen LogP contribution in [0.5, 0.6) is 5.75 Å². The summed E-state index contributed by atoms with van der Waals surface area (Å²) in [6.45, 7) is 3.35. The zero-order chi connectivity index (χ0) is 15.4. The molecule has 1 amide bonds. The molecule has 0 aromatic heterocycles. The highest BCUT2D eigenvalue weighted by Gasteiger charge is 2.34. The minimum absolute atomic E-state index is 0.0357. The number of benzene rings is 1. The summed E-state index contributed by atoms with van der Waals surface area (Å²) >= 11 is 5.24. The Morgan fingerprint density at radius 3 is 2.64 bits per heavy atom. The fourth-order valence-electron chi connectivity index (χ4n) is 3.16. The van der Waals surface area contributed by atoms with E-state index < -0.39 is 0 Å². The molecule has 5 nitrogen and oxygen atoms in total. The standard InChI is InChI=1S/C16H21N3O2S/c20-15(11-21-13-4-2-1-3-5-13)18-16(22)17-14-10-19-8-6-12(14)7-9-19/h1-5,12,14H,6-11H2,(H2,17,18,20,22). The van der Waals surface area contributed by atoms with Gasteiger partial charge < -0.3 is 20.3 Å². The number of ether oxygens (including phenoxy) is 1. The van der Waals surface area contributed by atoms with Crippen LogP contribution in [0.3, 0.4) is 0 Å². The lowest BCUT2D eigenvalue weighted by molar-refractivity contribution is -0.121. The summed E-state index contributed by atoms with van der Waals surface area (Å²) in [4.78, 5) is 14.3. The molecule has 22 heavy (non-hydrogen) atoms. The normalized spacial score (nSPS) is 26.3. The molecule has 0 radical (unpaired) electrons. The molecule has 2 N–H and O–H groups in total. The van der Waals surface area contributed by atoms with Crippen molar-refractivity contribution < 1.29 is 9.53 Å². The minimum Gasteiger partial charge on any atom is -0.484 e. The molecule has 3 aliphatic rings. The van der Waals surface area contributed by atoms with Gasteiger partial charge in [0.25, 0.3) is 5.91 Å². The van der Waals surface area contributed by atoms with Crippen LogP contribution in [0.4, 0.5) is 0 Å². The third kappa shape index (κ3) is 3.96. The van der Waals surface area contributed by atoms with Crippen molar-refractivity contribution in [2.45, 2.75) is 18.9 Å². The Balaban J connectivity index is 1.41. The van der Waals surface area contributed by atoms with Crippen LogP contribution in [-0.4, -0.2) is 48.2 Å².